The molecular weight excluding hydrogens is 160 g/mol. The van der Waals surface area contributed by atoms with Crippen molar-refractivity contribution >= 4 is 11.8 Å². The summed E-state index contributed by atoms with van der Waals surface area (Å²) in [5, 5.41) is 13.2. The number of hydrogen-bond donors (Lipinski definition) is 3. The Hall–Kier alpha value is -1.10. The smallest absolute Gasteiger partial charge is 0.309 e. The number of aliphatic hydroxyl groups excluding tert-OH is 1. The first-order valence-corrected chi connectivity index (χ1v) is 3.79. The lowest BCUT2D eigenvalue weighted by Gasteiger charge is -2.12. The number of carbonyl (C=O) groups excluding carboxylic acids is 2. The highest BCUT2D eigenvalue weighted by Gasteiger charge is 2.14. The largest absolute Gasteiger partial charge is 0.394 e. The van der Waals surface area contributed by atoms with Crippen LogP contribution in [-0.4, -0.2) is 36.6 Å². The zero-order valence-electron chi connectivity index (χ0n) is 7.26. The third-order valence-corrected chi connectivity index (χ3v) is 1.48. The van der Waals surface area contributed by atoms with Crippen LogP contribution in [0.1, 0.15) is 13.3 Å². The van der Waals surface area contributed by atoms with Crippen molar-refractivity contribution in [3.05, 3.63) is 0 Å². The average Bonchev–Trinajstić information content (AvgIpc) is 2.12. The number of amides is 2. The van der Waals surface area contributed by atoms with Gasteiger partial charge in [-0.05, 0) is 6.42 Å². The van der Waals surface area contributed by atoms with E-state index in [0.717, 1.165) is 0 Å². The van der Waals surface area contributed by atoms with Gasteiger partial charge in [-0.3, -0.25) is 9.59 Å². The van der Waals surface area contributed by atoms with E-state index in [2.05, 4.69) is 10.6 Å². The van der Waals surface area contributed by atoms with Gasteiger partial charge in [-0.25, -0.2) is 0 Å². The molecule has 0 rings (SSSR count). The third-order valence-electron chi connectivity index (χ3n) is 1.48. The fourth-order valence-electron chi connectivity index (χ4n) is 0.641. The monoisotopic (exact) mass is 174 g/mol. The van der Waals surface area contributed by atoms with Gasteiger partial charge in [-0.1, -0.05) is 6.92 Å². The molecule has 0 aliphatic heterocycles. The third kappa shape index (κ3) is 3.34. The molecule has 5 nitrogen and oxygen atoms in total. The molecule has 0 saturated heterocycles. The Kier molecular flexibility index (Phi) is 5.03. The Morgan fingerprint density at radius 2 is 2.00 bits per heavy atom. The Labute approximate surface area is 71.1 Å². The minimum absolute atomic E-state index is 0.154. The second-order valence-electron chi connectivity index (χ2n) is 2.34. The molecule has 3 N–H and O–H groups in total. The van der Waals surface area contributed by atoms with Crippen molar-refractivity contribution in [2.45, 2.75) is 19.4 Å². The van der Waals surface area contributed by atoms with Crippen LogP contribution in [0.5, 0.6) is 0 Å². The predicted octanol–water partition coefficient (Wildman–Crippen LogP) is -1.38. The topological polar surface area (TPSA) is 78.4 Å². The summed E-state index contributed by atoms with van der Waals surface area (Å²) in [5.41, 5.74) is 0. The predicted molar refractivity (Wildman–Crippen MR) is 43.4 cm³/mol. The lowest BCUT2D eigenvalue weighted by atomic mass is 10.2. The van der Waals surface area contributed by atoms with Crippen molar-refractivity contribution in [1.29, 1.82) is 0 Å². The maximum atomic E-state index is 10.9. The molecule has 0 heterocycles. The van der Waals surface area contributed by atoms with E-state index in [0.29, 0.717) is 6.42 Å². The highest BCUT2D eigenvalue weighted by Crippen LogP contribution is 1.87. The maximum absolute atomic E-state index is 10.9. The van der Waals surface area contributed by atoms with Gasteiger partial charge in [0.25, 0.3) is 0 Å². The van der Waals surface area contributed by atoms with Crippen LogP contribution < -0.4 is 10.6 Å². The van der Waals surface area contributed by atoms with E-state index in [1.807, 2.05) is 6.92 Å². The van der Waals surface area contributed by atoms with E-state index in [-0.39, 0.29) is 12.6 Å². The van der Waals surface area contributed by atoms with Gasteiger partial charge < -0.3 is 15.7 Å². The lowest BCUT2D eigenvalue weighted by molar-refractivity contribution is -0.139. The molecule has 1 unspecified atom stereocenters. The van der Waals surface area contributed by atoms with Crippen LogP contribution in [0.25, 0.3) is 0 Å². The molecule has 0 aliphatic carbocycles. The second kappa shape index (κ2) is 5.54. The molecule has 0 aromatic carbocycles. The normalized spacial score (nSPS) is 11.9. The lowest BCUT2D eigenvalue weighted by Crippen LogP contribution is -2.44. The average molecular weight is 174 g/mol. The van der Waals surface area contributed by atoms with Crippen LogP contribution in [0.2, 0.25) is 0 Å². The molecule has 70 valence electrons. The molecule has 0 aromatic rings. The molecule has 12 heavy (non-hydrogen) atoms. The second-order valence-corrected chi connectivity index (χ2v) is 2.34. The summed E-state index contributed by atoms with van der Waals surface area (Å²) >= 11 is 0. The summed E-state index contributed by atoms with van der Waals surface area (Å²) in [6.45, 7) is 1.66. The Bertz CT molecular complexity index is 166. The molecule has 5 heteroatoms. The minimum Gasteiger partial charge on any atom is -0.394 e. The van der Waals surface area contributed by atoms with Crippen molar-refractivity contribution in [1.82, 2.24) is 10.6 Å². The van der Waals surface area contributed by atoms with Crippen LogP contribution in [0.15, 0.2) is 0 Å². The fourth-order valence-corrected chi connectivity index (χ4v) is 0.641. The molecule has 2 amide bonds. The van der Waals surface area contributed by atoms with E-state index >= 15 is 0 Å². The first-order chi connectivity index (χ1) is 5.65. The zero-order chi connectivity index (χ0) is 9.56. The summed E-state index contributed by atoms with van der Waals surface area (Å²) in [5.74, 6) is -1.40. The first kappa shape index (κ1) is 10.9. The van der Waals surface area contributed by atoms with Gasteiger partial charge in [0, 0.05) is 7.05 Å². The molecule has 0 aliphatic rings. The molecule has 0 radical (unpaired) electrons. The Morgan fingerprint density at radius 1 is 1.42 bits per heavy atom. The summed E-state index contributed by atoms with van der Waals surface area (Å²) in [6.07, 6.45) is 0.596. The van der Waals surface area contributed by atoms with Crippen molar-refractivity contribution < 1.29 is 14.7 Å². The van der Waals surface area contributed by atoms with Gasteiger partial charge >= 0.3 is 11.8 Å². The molecule has 0 saturated carbocycles. The van der Waals surface area contributed by atoms with Crippen LogP contribution >= 0.6 is 0 Å². The summed E-state index contributed by atoms with van der Waals surface area (Å²) in [7, 11) is 1.38. The van der Waals surface area contributed by atoms with Crippen molar-refractivity contribution in [2.75, 3.05) is 13.7 Å². The number of carbonyl (C=O) groups is 2. The summed E-state index contributed by atoms with van der Waals surface area (Å²) in [6, 6.07) is -0.338. The molecule has 1 atom stereocenters. The molecule has 0 aromatic heterocycles. The van der Waals surface area contributed by atoms with Gasteiger partial charge in [0.05, 0.1) is 12.6 Å². The van der Waals surface area contributed by atoms with E-state index in [4.69, 9.17) is 5.11 Å². The number of nitrogens with one attached hydrogen (secondary N) is 2. The Balaban J connectivity index is 3.89. The first-order valence-electron chi connectivity index (χ1n) is 3.79. The minimum atomic E-state index is -0.710. The van der Waals surface area contributed by atoms with Gasteiger partial charge in [0.2, 0.25) is 0 Å². The standard InChI is InChI=1S/C7H14N2O3/c1-3-5(4-10)9-7(12)6(11)8-2/h5,10H,3-4H2,1-2H3,(H,8,11)(H,9,12). The fraction of sp³-hybridized carbons (Fsp3) is 0.714. The number of aliphatic hydroxyl groups is 1. The summed E-state index contributed by atoms with van der Waals surface area (Å²) in [4.78, 5) is 21.5. The van der Waals surface area contributed by atoms with Gasteiger partial charge in [-0.2, -0.15) is 0 Å². The van der Waals surface area contributed by atoms with Gasteiger partial charge in [0.1, 0.15) is 0 Å². The highest BCUT2D eigenvalue weighted by atomic mass is 16.3. The van der Waals surface area contributed by atoms with Crippen molar-refractivity contribution in [3.63, 3.8) is 0 Å². The zero-order valence-corrected chi connectivity index (χ0v) is 7.26. The SMILES string of the molecule is CCC(CO)NC(=O)C(=O)NC. The van der Waals surface area contributed by atoms with Crippen LogP contribution in [0.4, 0.5) is 0 Å². The molecule has 0 fully saturated rings. The number of likely N-dealkylation sites (N-methyl/N-ethyl adjacent to an activating group) is 1. The van der Waals surface area contributed by atoms with E-state index in [9.17, 15) is 9.59 Å². The molecule has 0 spiro atoms. The van der Waals surface area contributed by atoms with E-state index in [1.165, 1.54) is 7.05 Å². The number of hydrogen-bond acceptors (Lipinski definition) is 3. The Morgan fingerprint density at radius 3 is 2.33 bits per heavy atom. The van der Waals surface area contributed by atoms with Crippen LogP contribution in [0, 0.1) is 0 Å². The van der Waals surface area contributed by atoms with Crippen molar-refractivity contribution in [2.24, 2.45) is 0 Å². The summed E-state index contributed by atoms with van der Waals surface area (Å²) < 4.78 is 0. The van der Waals surface area contributed by atoms with Crippen LogP contribution in [-0.2, 0) is 9.59 Å². The van der Waals surface area contributed by atoms with Crippen LogP contribution in [0.3, 0.4) is 0 Å². The molecular formula is C7H14N2O3. The van der Waals surface area contributed by atoms with Gasteiger partial charge in [0.15, 0.2) is 0 Å². The quantitative estimate of drug-likeness (QED) is 0.461. The van der Waals surface area contributed by atoms with E-state index in [1.54, 1.807) is 0 Å². The molecule has 0 bridgehead atoms. The van der Waals surface area contributed by atoms with E-state index < -0.39 is 11.8 Å². The van der Waals surface area contributed by atoms with Crippen molar-refractivity contribution in [3.8, 4) is 0 Å². The number of rotatable bonds is 3. The van der Waals surface area contributed by atoms with Gasteiger partial charge in [-0.15, -0.1) is 0 Å². The highest BCUT2D eigenvalue weighted by molar-refractivity contribution is 6.35. The maximum Gasteiger partial charge on any atom is 0.309 e.